The quantitative estimate of drug-likeness (QED) is 0.783. The van der Waals surface area contributed by atoms with E-state index in [1.807, 2.05) is 20.8 Å². The van der Waals surface area contributed by atoms with Crippen LogP contribution in [0.15, 0.2) is 0 Å². The van der Waals surface area contributed by atoms with Gasteiger partial charge in [0.1, 0.15) is 6.04 Å². The van der Waals surface area contributed by atoms with Crippen molar-refractivity contribution in [3.63, 3.8) is 0 Å². The van der Waals surface area contributed by atoms with E-state index in [0.29, 0.717) is 0 Å². The molecule has 1 fully saturated rings. The highest BCUT2D eigenvalue weighted by atomic mass is 16.5. The Morgan fingerprint density at radius 2 is 1.89 bits per heavy atom. The minimum atomic E-state index is -0.672. The molecule has 0 spiro atoms. The van der Waals surface area contributed by atoms with E-state index in [-0.39, 0.29) is 11.5 Å². The zero-order chi connectivity index (χ0) is 13.8. The molecule has 1 atom stereocenters. The monoisotopic (exact) mass is 252 g/mol. The van der Waals surface area contributed by atoms with E-state index in [1.54, 1.807) is 0 Å². The lowest BCUT2D eigenvalue weighted by atomic mass is 9.69. The van der Waals surface area contributed by atoms with Gasteiger partial charge in [0.25, 0.3) is 0 Å². The summed E-state index contributed by atoms with van der Waals surface area (Å²) in [4.78, 5) is 12.2. The molecule has 4 heteroatoms. The van der Waals surface area contributed by atoms with E-state index < -0.39 is 11.5 Å². The van der Waals surface area contributed by atoms with Crippen LogP contribution in [0.1, 0.15) is 52.9 Å². The highest BCUT2D eigenvalue weighted by Gasteiger charge is 2.48. The summed E-state index contributed by atoms with van der Waals surface area (Å²) in [5, 5.41) is 12.7. The van der Waals surface area contributed by atoms with E-state index in [4.69, 9.17) is 4.74 Å². The fourth-order valence-electron chi connectivity index (χ4n) is 2.72. The number of rotatable bonds is 3. The highest BCUT2D eigenvalue weighted by Crippen LogP contribution is 2.40. The van der Waals surface area contributed by atoms with Crippen LogP contribution in [0.25, 0.3) is 0 Å². The average molecular weight is 252 g/mol. The lowest BCUT2D eigenvalue weighted by Gasteiger charge is -2.40. The largest absolute Gasteiger partial charge is 0.469 e. The number of esters is 1. The fourth-order valence-corrected chi connectivity index (χ4v) is 2.72. The van der Waals surface area contributed by atoms with Crippen molar-refractivity contribution in [2.24, 2.45) is 5.41 Å². The van der Waals surface area contributed by atoms with E-state index in [0.717, 1.165) is 32.1 Å². The topological polar surface area (TPSA) is 62.1 Å². The molecule has 0 aromatic heterocycles. The Morgan fingerprint density at radius 1 is 1.33 bits per heavy atom. The lowest BCUT2D eigenvalue weighted by Crippen LogP contribution is -2.56. The van der Waals surface area contributed by atoms with Crippen LogP contribution < -0.4 is 5.32 Å². The molecule has 1 rings (SSSR count). The van der Waals surface area contributed by atoms with Gasteiger partial charge in [0, 0.05) is 5.54 Å². The molecule has 4 nitrogen and oxygen atoms in total. The van der Waals surface area contributed by atoms with Crippen molar-refractivity contribution >= 4 is 5.97 Å². The Hall–Kier alpha value is -1.08. The Kier molecular flexibility index (Phi) is 4.75. The number of hydrogen-bond acceptors (Lipinski definition) is 4. The SMILES string of the molecule is COC(=O)C1(C(C#N)NC(C)(C)C)CCCCC1. The molecule has 0 radical (unpaired) electrons. The van der Waals surface area contributed by atoms with Gasteiger partial charge in [0.2, 0.25) is 0 Å². The maximum Gasteiger partial charge on any atom is 0.314 e. The smallest absolute Gasteiger partial charge is 0.314 e. The first kappa shape index (κ1) is 15.0. The van der Waals surface area contributed by atoms with E-state index in [2.05, 4.69) is 11.4 Å². The molecule has 0 heterocycles. The molecule has 1 aliphatic rings. The summed E-state index contributed by atoms with van der Waals surface area (Å²) in [5.74, 6) is -0.245. The van der Waals surface area contributed by atoms with Gasteiger partial charge in [0.05, 0.1) is 18.6 Å². The van der Waals surface area contributed by atoms with Gasteiger partial charge in [0.15, 0.2) is 0 Å². The van der Waals surface area contributed by atoms with Crippen molar-refractivity contribution in [2.75, 3.05) is 7.11 Å². The Morgan fingerprint density at radius 3 is 2.28 bits per heavy atom. The van der Waals surface area contributed by atoms with Crippen LogP contribution in [0.2, 0.25) is 0 Å². The summed E-state index contributed by atoms with van der Waals surface area (Å²) >= 11 is 0. The van der Waals surface area contributed by atoms with Crippen LogP contribution in [0.4, 0.5) is 0 Å². The summed E-state index contributed by atoms with van der Waals surface area (Å²) in [6.45, 7) is 6.02. The Labute approximate surface area is 110 Å². The number of methoxy groups -OCH3 is 1. The number of hydrogen-bond donors (Lipinski definition) is 1. The first-order valence-corrected chi connectivity index (χ1v) is 6.61. The van der Waals surface area contributed by atoms with Crippen molar-refractivity contribution in [3.05, 3.63) is 0 Å². The van der Waals surface area contributed by atoms with Gasteiger partial charge >= 0.3 is 5.97 Å². The minimum Gasteiger partial charge on any atom is -0.469 e. The van der Waals surface area contributed by atoms with Gasteiger partial charge in [-0.05, 0) is 33.6 Å². The maximum atomic E-state index is 12.2. The molecular weight excluding hydrogens is 228 g/mol. The minimum absolute atomic E-state index is 0.196. The normalized spacial score (nSPS) is 20.8. The number of ether oxygens (including phenoxy) is 1. The van der Waals surface area contributed by atoms with Crippen LogP contribution in [0, 0.1) is 16.7 Å². The molecule has 0 saturated heterocycles. The number of nitrogens with zero attached hydrogens (tertiary/aromatic N) is 1. The van der Waals surface area contributed by atoms with Crippen molar-refractivity contribution in [2.45, 2.75) is 64.5 Å². The second kappa shape index (κ2) is 5.71. The van der Waals surface area contributed by atoms with Crippen molar-refractivity contribution in [1.82, 2.24) is 5.32 Å². The van der Waals surface area contributed by atoms with Crippen LogP contribution in [-0.2, 0) is 9.53 Å². The summed E-state index contributed by atoms with van der Waals surface area (Å²) in [6, 6.07) is 1.79. The molecule has 0 aliphatic heterocycles. The predicted octanol–water partition coefficient (Wildman–Crippen LogP) is 2.39. The molecule has 0 aromatic carbocycles. The second-order valence-electron chi connectivity index (χ2n) is 6.16. The third-order valence-corrected chi connectivity index (χ3v) is 3.60. The van der Waals surface area contributed by atoms with E-state index in [1.165, 1.54) is 7.11 Å². The molecule has 1 saturated carbocycles. The van der Waals surface area contributed by atoms with Crippen molar-refractivity contribution in [3.8, 4) is 6.07 Å². The molecular formula is C14H24N2O2. The summed E-state index contributed by atoms with van der Waals surface area (Å²) in [7, 11) is 1.41. The van der Waals surface area contributed by atoms with Gasteiger partial charge in [-0.3, -0.25) is 10.1 Å². The fraction of sp³-hybridized carbons (Fsp3) is 0.857. The molecule has 1 N–H and O–H groups in total. The summed E-state index contributed by atoms with van der Waals surface area (Å²) < 4.78 is 4.96. The van der Waals surface area contributed by atoms with Gasteiger partial charge in [-0.1, -0.05) is 19.3 Å². The zero-order valence-electron chi connectivity index (χ0n) is 11.9. The lowest BCUT2D eigenvalue weighted by molar-refractivity contribution is -0.156. The number of nitrogens with one attached hydrogen (secondary N) is 1. The third-order valence-electron chi connectivity index (χ3n) is 3.60. The Bertz CT molecular complexity index is 333. The van der Waals surface area contributed by atoms with Crippen LogP contribution in [-0.4, -0.2) is 24.7 Å². The molecule has 1 unspecified atom stereocenters. The summed E-state index contributed by atoms with van der Waals surface area (Å²) in [6.07, 6.45) is 4.58. The van der Waals surface area contributed by atoms with Gasteiger partial charge in [-0.15, -0.1) is 0 Å². The summed E-state index contributed by atoms with van der Waals surface area (Å²) in [5.41, 5.74) is -0.867. The van der Waals surface area contributed by atoms with Gasteiger partial charge in [-0.2, -0.15) is 5.26 Å². The standard InChI is InChI=1S/C14H24N2O2/c1-13(2,3)16-11(10-15)14(12(17)18-4)8-6-5-7-9-14/h11,16H,5-9H2,1-4H3. The first-order chi connectivity index (χ1) is 8.35. The number of carbonyl (C=O) groups excluding carboxylic acids is 1. The van der Waals surface area contributed by atoms with Crippen LogP contribution in [0.5, 0.6) is 0 Å². The predicted molar refractivity (Wildman–Crippen MR) is 69.8 cm³/mol. The van der Waals surface area contributed by atoms with Gasteiger partial charge in [-0.25, -0.2) is 0 Å². The molecule has 0 amide bonds. The van der Waals surface area contributed by atoms with Crippen LogP contribution >= 0.6 is 0 Å². The zero-order valence-corrected chi connectivity index (χ0v) is 11.9. The van der Waals surface area contributed by atoms with Crippen molar-refractivity contribution < 1.29 is 9.53 Å². The number of carbonyl (C=O) groups is 1. The van der Waals surface area contributed by atoms with Crippen molar-refractivity contribution in [1.29, 1.82) is 5.26 Å². The average Bonchev–Trinajstić information content (AvgIpc) is 2.34. The van der Waals surface area contributed by atoms with Crippen LogP contribution in [0.3, 0.4) is 0 Å². The molecule has 18 heavy (non-hydrogen) atoms. The van der Waals surface area contributed by atoms with E-state index >= 15 is 0 Å². The van der Waals surface area contributed by atoms with Gasteiger partial charge < -0.3 is 4.74 Å². The second-order valence-corrected chi connectivity index (χ2v) is 6.16. The molecule has 1 aliphatic carbocycles. The highest BCUT2D eigenvalue weighted by molar-refractivity contribution is 5.78. The van der Waals surface area contributed by atoms with E-state index in [9.17, 15) is 10.1 Å². The number of nitriles is 1. The third kappa shape index (κ3) is 3.23. The maximum absolute atomic E-state index is 12.2. The molecule has 0 aromatic rings. The Balaban J connectivity index is 3.00. The molecule has 102 valence electrons. The first-order valence-electron chi connectivity index (χ1n) is 6.61. The molecule has 0 bridgehead atoms.